The van der Waals surface area contributed by atoms with E-state index in [0.717, 1.165) is 29.6 Å². The molecule has 1 heterocycles. The molecule has 1 aromatic heterocycles. The summed E-state index contributed by atoms with van der Waals surface area (Å²) < 4.78 is 0. The van der Waals surface area contributed by atoms with E-state index in [2.05, 4.69) is 17.2 Å². The van der Waals surface area contributed by atoms with Crippen molar-refractivity contribution in [1.82, 2.24) is 4.98 Å². The zero-order valence-electron chi connectivity index (χ0n) is 8.36. The van der Waals surface area contributed by atoms with Gasteiger partial charge in [0, 0.05) is 18.1 Å². The lowest BCUT2D eigenvalue weighted by atomic mass is 10.4. The van der Waals surface area contributed by atoms with Gasteiger partial charge in [-0.25, -0.2) is 4.98 Å². The minimum atomic E-state index is 0.234. The van der Waals surface area contributed by atoms with E-state index in [1.54, 1.807) is 11.8 Å². The van der Waals surface area contributed by atoms with Crippen molar-refractivity contribution in [3.05, 3.63) is 23.9 Å². The van der Waals surface area contributed by atoms with Crippen LogP contribution in [-0.2, 0) is 5.75 Å². The predicted molar refractivity (Wildman–Crippen MR) is 61.6 cm³/mol. The zero-order chi connectivity index (χ0) is 10.2. The van der Waals surface area contributed by atoms with E-state index in [9.17, 15) is 0 Å². The first-order chi connectivity index (χ1) is 6.86. The number of aliphatic hydroxyl groups excluding tert-OH is 1. The highest BCUT2D eigenvalue weighted by atomic mass is 32.2. The number of hydrogen-bond donors (Lipinski definition) is 2. The van der Waals surface area contributed by atoms with E-state index >= 15 is 0 Å². The van der Waals surface area contributed by atoms with Crippen LogP contribution >= 0.6 is 11.8 Å². The van der Waals surface area contributed by atoms with Crippen molar-refractivity contribution < 1.29 is 5.11 Å². The molecule has 2 N–H and O–H groups in total. The van der Waals surface area contributed by atoms with Crippen LogP contribution in [0.2, 0.25) is 0 Å². The van der Waals surface area contributed by atoms with E-state index in [4.69, 9.17) is 5.11 Å². The van der Waals surface area contributed by atoms with Crippen molar-refractivity contribution in [2.75, 3.05) is 24.2 Å². The molecule has 4 heteroatoms. The Morgan fingerprint density at radius 1 is 1.50 bits per heavy atom. The number of rotatable bonds is 6. The Balaban J connectivity index is 2.46. The normalized spacial score (nSPS) is 10.1. The number of anilines is 1. The lowest BCUT2D eigenvalue weighted by Crippen LogP contribution is -2.00. The van der Waals surface area contributed by atoms with Crippen LogP contribution in [0, 0.1) is 0 Å². The summed E-state index contributed by atoms with van der Waals surface area (Å²) >= 11 is 1.69. The van der Waals surface area contributed by atoms with Gasteiger partial charge < -0.3 is 10.4 Å². The molecule has 78 valence electrons. The van der Waals surface area contributed by atoms with Gasteiger partial charge in [0.25, 0.3) is 0 Å². The highest BCUT2D eigenvalue weighted by molar-refractivity contribution is 7.98. The van der Waals surface area contributed by atoms with Crippen molar-refractivity contribution in [3.63, 3.8) is 0 Å². The third kappa shape index (κ3) is 3.98. The summed E-state index contributed by atoms with van der Waals surface area (Å²) in [6.07, 6.45) is 0. The van der Waals surface area contributed by atoms with Crippen molar-refractivity contribution in [3.8, 4) is 0 Å². The monoisotopic (exact) mass is 212 g/mol. The maximum atomic E-state index is 8.63. The lowest BCUT2D eigenvalue weighted by molar-refractivity contribution is 0.322. The van der Waals surface area contributed by atoms with Crippen LogP contribution in [-0.4, -0.2) is 29.0 Å². The number of hydrogen-bond acceptors (Lipinski definition) is 4. The molecule has 0 aliphatic carbocycles. The third-order valence-corrected chi connectivity index (χ3v) is 2.62. The Morgan fingerprint density at radius 2 is 2.36 bits per heavy atom. The van der Waals surface area contributed by atoms with Gasteiger partial charge in [-0.1, -0.05) is 6.07 Å². The Kier molecular flexibility index (Phi) is 5.40. The van der Waals surface area contributed by atoms with Crippen LogP contribution in [0.3, 0.4) is 0 Å². The van der Waals surface area contributed by atoms with Crippen LogP contribution < -0.4 is 5.32 Å². The molecular formula is C10H16N2OS. The summed E-state index contributed by atoms with van der Waals surface area (Å²) in [6, 6.07) is 5.97. The first kappa shape index (κ1) is 11.3. The Hall–Kier alpha value is -0.740. The summed E-state index contributed by atoms with van der Waals surface area (Å²) in [6.45, 7) is 3.17. The van der Waals surface area contributed by atoms with E-state index in [0.29, 0.717) is 0 Å². The topological polar surface area (TPSA) is 45.1 Å². The second-order valence-electron chi connectivity index (χ2n) is 2.82. The van der Waals surface area contributed by atoms with Gasteiger partial charge in [0.1, 0.15) is 5.82 Å². The van der Waals surface area contributed by atoms with Crippen LogP contribution in [0.15, 0.2) is 18.2 Å². The Bertz CT molecular complexity index is 268. The average Bonchev–Trinajstić information content (AvgIpc) is 2.19. The van der Waals surface area contributed by atoms with Gasteiger partial charge in [-0.2, -0.15) is 11.8 Å². The molecule has 0 fully saturated rings. The van der Waals surface area contributed by atoms with Crippen LogP contribution in [0.1, 0.15) is 12.6 Å². The lowest BCUT2D eigenvalue weighted by Gasteiger charge is -2.04. The Morgan fingerprint density at radius 3 is 3.07 bits per heavy atom. The molecule has 0 aromatic carbocycles. The van der Waals surface area contributed by atoms with Crippen molar-refractivity contribution in [2.45, 2.75) is 12.7 Å². The van der Waals surface area contributed by atoms with E-state index in [1.165, 1.54) is 0 Å². The summed E-state index contributed by atoms with van der Waals surface area (Å²) in [5.74, 6) is 2.56. The number of aliphatic hydroxyl groups is 1. The molecule has 1 rings (SSSR count). The van der Waals surface area contributed by atoms with Gasteiger partial charge in [-0.05, 0) is 19.1 Å². The molecule has 0 amide bonds. The number of pyridine rings is 1. The number of nitrogens with zero attached hydrogens (tertiary/aromatic N) is 1. The van der Waals surface area contributed by atoms with Crippen molar-refractivity contribution in [1.29, 1.82) is 0 Å². The molecular weight excluding hydrogens is 196 g/mol. The van der Waals surface area contributed by atoms with Gasteiger partial charge in [-0.3, -0.25) is 0 Å². The van der Waals surface area contributed by atoms with Gasteiger partial charge >= 0.3 is 0 Å². The fraction of sp³-hybridized carbons (Fsp3) is 0.500. The molecule has 0 aliphatic heterocycles. The maximum Gasteiger partial charge on any atom is 0.126 e. The fourth-order valence-electron chi connectivity index (χ4n) is 1.08. The average molecular weight is 212 g/mol. The summed E-state index contributed by atoms with van der Waals surface area (Å²) in [5, 5.41) is 11.8. The maximum absolute atomic E-state index is 8.63. The van der Waals surface area contributed by atoms with Crippen LogP contribution in [0.25, 0.3) is 0 Å². The quantitative estimate of drug-likeness (QED) is 0.705. The van der Waals surface area contributed by atoms with Gasteiger partial charge in [-0.15, -0.1) is 0 Å². The second-order valence-corrected chi connectivity index (χ2v) is 3.93. The molecule has 14 heavy (non-hydrogen) atoms. The molecule has 1 aromatic rings. The minimum Gasteiger partial charge on any atom is -0.396 e. The van der Waals surface area contributed by atoms with Crippen LogP contribution in [0.4, 0.5) is 5.82 Å². The van der Waals surface area contributed by atoms with Gasteiger partial charge in [0.15, 0.2) is 0 Å². The SMILES string of the molecule is CCNc1cccc(CSCCO)n1. The summed E-state index contributed by atoms with van der Waals surface area (Å²) in [4.78, 5) is 4.42. The van der Waals surface area contributed by atoms with Gasteiger partial charge in [0.05, 0.1) is 12.3 Å². The first-order valence-electron chi connectivity index (χ1n) is 4.75. The van der Waals surface area contributed by atoms with E-state index in [1.807, 2.05) is 18.2 Å². The fourth-order valence-corrected chi connectivity index (χ4v) is 1.72. The van der Waals surface area contributed by atoms with E-state index < -0.39 is 0 Å². The largest absolute Gasteiger partial charge is 0.396 e. The second kappa shape index (κ2) is 6.68. The van der Waals surface area contributed by atoms with Crippen molar-refractivity contribution >= 4 is 17.6 Å². The number of nitrogens with one attached hydrogen (secondary N) is 1. The molecule has 0 atom stereocenters. The molecule has 0 saturated heterocycles. The smallest absolute Gasteiger partial charge is 0.126 e. The first-order valence-corrected chi connectivity index (χ1v) is 5.90. The van der Waals surface area contributed by atoms with E-state index in [-0.39, 0.29) is 6.61 Å². The molecule has 0 unspecified atom stereocenters. The third-order valence-electron chi connectivity index (χ3n) is 1.65. The zero-order valence-corrected chi connectivity index (χ0v) is 9.18. The summed E-state index contributed by atoms with van der Waals surface area (Å²) in [5.41, 5.74) is 1.06. The highest BCUT2D eigenvalue weighted by Crippen LogP contribution is 2.11. The Labute approximate surface area is 88.9 Å². The summed E-state index contributed by atoms with van der Waals surface area (Å²) in [7, 11) is 0. The highest BCUT2D eigenvalue weighted by Gasteiger charge is 1.96. The minimum absolute atomic E-state index is 0.234. The molecule has 3 nitrogen and oxygen atoms in total. The molecule has 0 spiro atoms. The molecule has 0 radical (unpaired) electrons. The number of aromatic nitrogens is 1. The predicted octanol–water partition coefficient (Wildman–Crippen LogP) is 1.74. The standard InChI is InChI=1S/C10H16N2OS/c1-2-11-10-5-3-4-9(12-10)8-14-7-6-13/h3-5,13H,2,6-8H2,1H3,(H,11,12). The van der Waals surface area contributed by atoms with Crippen LogP contribution in [0.5, 0.6) is 0 Å². The van der Waals surface area contributed by atoms with Crippen molar-refractivity contribution in [2.24, 2.45) is 0 Å². The molecule has 0 saturated carbocycles. The van der Waals surface area contributed by atoms with Gasteiger partial charge in [0.2, 0.25) is 0 Å². The molecule has 0 bridgehead atoms. The molecule has 0 aliphatic rings. The number of thioether (sulfide) groups is 1.